The highest BCUT2D eigenvalue weighted by atomic mass is 16.6. The van der Waals surface area contributed by atoms with E-state index in [1.54, 1.807) is 0 Å². The lowest BCUT2D eigenvalue weighted by Gasteiger charge is -2.18. The molecule has 0 bridgehead atoms. The summed E-state index contributed by atoms with van der Waals surface area (Å²) in [6.07, 6.45) is 94.6. The molecule has 0 aromatic carbocycles. The van der Waals surface area contributed by atoms with Crippen molar-refractivity contribution >= 4 is 17.9 Å². The molecule has 0 heterocycles. The second kappa shape index (κ2) is 71.1. The first-order valence-corrected chi connectivity index (χ1v) is 36.1. The molecule has 0 aliphatic rings. The predicted octanol–water partition coefficient (Wildman–Crippen LogP) is 25.0. The number of rotatable bonds is 66. The Hall–Kier alpha value is -3.41. The van der Waals surface area contributed by atoms with Gasteiger partial charge >= 0.3 is 17.9 Å². The molecule has 0 radical (unpaired) electrons. The van der Waals surface area contributed by atoms with Crippen LogP contribution in [0.2, 0.25) is 0 Å². The molecule has 0 rings (SSSR count). The minimum absolute atomic E-state index is 0.0810. The number of hydrogen-bond donors (Lipinski definition) is 0. The first kappa shape index (κ1) is 79.6. The van der Waals surface area contributed by atoms with Gasteiger partial charge in [-0.25, -0.2) is 0 Å². The largest absolute Gasteiger partial charge is 0.462 e. The fourth-order valence-electron chi connectivity index (χ4n) is 10.5. The molecule has 0 saturated heterocycles. The van der Waals surface area contributed by atoms with Crippen LogP contribution < -0.4 is 0 Å². The first-order chi connectivity index (χ1) is 41.0. The van der Waals surface area contributed by atoms with Crippen LogP contribution in [0.5, 0.6) is 0 Å². The summed E-state index contributed by atoms with van der Waals surface area (Å²) in [5.41, 5.74) is 0. The first-order valence-electron chi connectivity index (χ1n) is 36.1. The molecule has 0 aromatic rings. The maximum atomic E-state index is 13.0. The van der Waals surface area contributed by atoms with Crippen LogP contribution in [0.25, 0.3) is 0 Å². The normalized spacial score (nSPS) is 12.6. The molecule has 1 unspecified atom stereocenters. The van der Waals surface area contributed by atoms with Gasteiger partial charge in [0.25, 0.3) is 0 Å². The van der Waals surface area contributed by atoms with E-state index in [0.717, 1.165) is 109 Å². The zero-order chi connectivity index (χ0) is 59.9. The Morgan fingerprint density at radius 3 is 0.759 bits per heavy atom. The fourth-order valence-corrected chi connectivity index (χ4v) is 10.5. The average Bonchev–Trinajstić information content (AvgIpc) is 3.50. The summed E-state index contributed by atoms with van der Waals surface area (Å²) in [6, 6.07) is 0. The van der Waals surface area contributed by atoms with Crippen LogP contribution in [-0.2, 0) is 28.6 Å². The Labute approximate surface area is 515 Å². The number of allylic oxidation sites excluding steroid dienone is 14. The monoisotopic (exact) mass is 1160 g/mol. The van der Waals surface area contributed by atoms with Crippen molar-refractivity contribution in [2.75, 3.05) is 13.2 Å². The second-order valence-electron chi connectivity index (χ2n) is 24.1. The van der Waals surface area contributed by atoms with Crippen LogP contribution in [-0.4, -0.2) is 37.2 Å². The summed E-state index contributed by atoms with van der Waals surface area (Å²) in [5, 5.41) is 0. The fraction of sp³-hybridized carbons (Fsp3) is 0.779. The van der Waals surface area contributed by atoms with Crippen LogP contribution in [0.1, 0.15) is 367 Å². The third-order valence-electron chi connectivity index (χ3n) is 15.9. The lowest BCUT2D eigenvalue weighted by atomic mass is 10.0. The van der Waals surface area contributed by atoms with Gasteiger partial charge in [0, 0.05) is 19.3 Å². The standard InChI is InChI=1S/C77H136O6/c1-4-7-10-13-16-19-22-25-28-31-34-36-37-38-39-41-43-46-49-52-55-58-61-64-67-70-76(79)82-73-74(72-81-75(78)69-66-63-60-57-54-51-48-45-42-33-30-27-24-21-18-15-12-9-6-3)83-77(80)71-68-65-62-59-56-53-50-47-44-40-35-32-29-26-23-20-17-14-11-8-5-2/h8,11,17-18,20-21,26-27,29-30,35,40,42,45,74H,4-7,9-10,12-16,19,22-25,28,31-34,36-39,41,43-44,46-73H2,1-3H3/b11-8-,20-17-,21-18-,29-26-,30-27-,40-35-,45-42-. The molecule has 0 N–H and O–H groups in total. The second-order valence-corrected chi connectivity index (χ2v) is 24.1. The van der Waals surface area contributed by atoms with Gasteiger partial charge in [0.05, 0.1) is 0 Å². The highest BCUT2D eigenvalue weighted by Crippen LogP contribution is 2.18. The highest BCUT2D eigenvalue weighted by Gasteiger charge is 2.19. The van der Waals surface area contributed by atoms with Gasteiger partial charge in [-0.1, -0.05) is 337 Å². The van der Waals surface area contributed by atoms with E-state index in [0.29, 0.717) is 19.3 Å². The molecule has 1 atom stereocenters. The SMILES string of the molecule is CC/C=C\C/C=C\C/C=C\C/C=C\CCCCCCCCCCC(=O)OC(COC(=O)CCCCCCCC/C=C\C/C=C\C/C=C\CCCCC)COC(=O)CCCCCCCCCCCCCCCCCCCCCCCCCCC. The number of unbranched alkanes of at least 4 members (excludes halogenated alkanes) is 41. The minimum Gasteiger partial charge on any atom is -0.462 e. The van der Waals surface area contributed by atoms with Crippen LogP contribution in [0.15, 0.2) is 85.1 Å². The minimum atomic E-state index is -0.788. The molecule has 0 aromatic heterocycles. The van der Waals surface area contributed by atoms with Gasteiger partial charge in [0.2, 0.25) is 0 Å². The molecule has 0 aliphatic heterocycles. The summed E-state index contributed by atoms with van der Waals surface area (Å²) in [4.78, 5) is 38.5. The summed E-state index contributed by atoms with van der Waals surface area (Å²) in [7, 11) is 0. The molecular formula is C77H136O6. The van der Waals surface area contributed by atoms with Crippen molar-refractivity contribution in [3.8, 4) is 0 Å². The number of carbonyl (C=O) groups is 3. The summed E-state index contributed by atoms with van der Waals surface area (Å²) < 4.78 is 17.0. The Morgan fingerprint density at radius 2 is 0.470 bits per heavy atom. The molecule has 0 saturated carbocycles. The quantitative estimate of drug-likeness (QED) is 0.0261. The summed E-state index contributed by atoms with van der Waals surface area (Å²) in [5.74, 6) is -0.882. The Morgan fingerprint density at radius 1 is 0.253 bits per heavy atom. The third-order valence-corrected chi connectivity index (χ3v) is 15.9. The van der Waals surface area contributed by atoms with Crippen LogP contribution in [0.4, 0.5) is 0 Å². The molecule has 0 amide bonds. The predicted molar refractivity (Wildman–Crippen MR) is 362 cm³/mol. The number of esters is 3. The third kappa shape index (κ3) is 69.3. The topological polar surface area (TPSA) is 78.9 Å². The zero-order valence-corrected chi connectivity index (χ0v) is 55.2. The average molecular weight is 1160 g/mol. The summed E-state index contributed by atoms with van der Waals surface area (Å²) in [6.45, 7) is 6.54. The van der Waals surface area contributed by atoms with Gasteiger partial charge in [0.1, 0.15) is 13.2 Å². The van der Waals surface area contributed by atoms with Crippen LogP contribution >= 0.6 is 0 Å². The maximum Gasteiger partial charge on any atom is 0.306 e. The van der Waals surface area contributed by atoms with E-state index in [-0.39, 0.29) is 31.1 Å². The van der Waals surface area contributed by atoms with Gasteiger partial charge < -0.3 is 14.2 Å². The molecular weight excluding hydrogens is 1020 g/mol. The molecule has 83 heavy (non-hydrogen) atoms. The van der Waals surface area contributed by atoms with Crippen LogP contribution in [0.3, 0.4) is 0 Å². The Kier molecular flexibility index (Phi) is 68.2. The van der Waals surface area contributed by atoms with E-state index in [1.165, 1.54) is 218 Å². The Balaban J connectivity index is 4.35. The molecule has 0 fully saturated rings. The van der Waals surface area contributed by atoms with E-state index in [4.69, 9.17) is 14.2 Å². The number of ether oxygens (including phenoxy) is 3. The maximum absolute atomic E-state index is 13.0. The van der Waals surface area contributed by atoms with Gasteiger partial charge in [-0.2, -0.15) is 0 Å². The van der Waals surface area contributed by atoms with Crippen molar-refractivity contribution in [2.45, 2.75) is 374 Å². The number of carbonyl (C=O) groups excluding carboxylic acids is 3. The zero-order valence-electron chi connectivity index (χ0n) is 55.2. The van der Waals surface area contributed by atoms with Crippen molar-refractivity contribution in [3.63, 3.8) is 0 Å². The summed E-state index contributed by atoms with van der Waals surface area (Å²) >= 11 is 0. The highest BCUT2D eigenvalue weighted by molar-refractivity contribution is 5.71. The van der Waals surface area contributed by atoms with Gasteiger partial charge in [0.15, 0.2) is 6.10 Å². The van der Waals surface area contributed by atoms with Gasteiger partial charge in [-0.3, -0.25) is 14.4 Å². The molecule has 0 spiro atoms. The smallest absolute Gasteiger partial charge is 0.306 e. The van der Waals surface area contributed by atoms with Gasteiger partial charge in [-0.05, 0) is 96.3 Å². The van der Waals surface area contributed by atoms with Gasteiger partial charge in [-0.15, -0.1) is 0 Å². The van der Waals surface area contributed by atoms with Crippen molar-refractivity contribution in [1.82, 2.24) is 0 Å². The van der Waals surface area contributed by atoms with Crippen molar-refractivity contribution in [3.05, 3.63) is 85.1 Å². The lowest BCUT2D eigenvalue weighted by molar-refractivity contribution is -0.167. The van der Waals surface area contributed by atoms with Crippen molar-refractivity contribution < 1.29 is 28.6 Å². The lowest BCUT2D eigenvalue weighted by Crippen LogP contribution is -2.30. The van der Waals surface area contributed by atoms with E-state index < -0.39 is 6.10 Å². The van der Waals surface area contributed by atoms with E-state index >= 15 is 0 Å². The van der Waals surface area contributed by atoms with E-state index in [1.807, 2.05) is 0 Å². The Bertz CT molecular complexity index is 1570. The van der Waals surface area contributed by atoms with E-state index in [9.17, 15) is 14.4 Å². The molecule has 6 heteroatoms. The molecule has 0 aliphatic carbocycles. The van der Waals surface area contributed by atoms with Crippen LogP contribution in [0, 0.1) is 0 Å². The van der Waals surface area contributed by atoms with E-state index in [2.05, 4.69) is 106 Å². The molecule has 6 nitrogen and oxygen atoms in total. The van der Waals surface area contributed by atoms with Crippen molar-refractivity contribution in [1.29, 1.82) is 0 Å². The molecule has 480 valence electrons. The number of hydrogen-bond acceptors (Lipinski definition) is 6. The van der Waals surface area contributed by atoms with Crippen molar-refractivity contribution in [2.24, 2.45) is 0 Å².